The quantitative estimate of drug-likeness (QED) is 0.700. The van der Waals surface area contributed by atoms with Gasteiger partial charge in [0.1, 0.15) is 5.75 Å². The number of amides is 1. The molecule has 0 bridgehead atoms. The molecule has 2 N–H and O–H groups in total. The van der Waals surface area contributed by atoms with Crippen molar-refractivity contribution in [3.05, 3.63) is 59.8 Å². The fraction of sp³-hybridized carbons (Fsp3) is 0.158. The monoisotopic (exact) mass is 338 g/mol. The lowest BCUT2D eigenvalue weighted by Crippen LogP contribution is -2.14. The molecular weight excluding hydrogens is 320 g/mol. The van der Waals surface area contributed by atoms with E-state index in [2.05, 4.69) is 15.0 Å². The lowest BCUT2D eigenvalue weighted by atomic mass is 10.1. The summed E-state index contributed by atoms with van der Waals surface area (Å²) in [7, 11) is 2.92. The number of anilines is 1. The van der Waals surface area contributed by atoms with Crippen molar-refractivity contribution in [1.29, 1.82) is 0 Å². The molecule has 128 valence electrons. The van der Waals surface area contributed by atoms with Gasteiger partial charge in [0, 0.05) is 22.8 Å². The van der Waals surface area contributed by atoms with E-state index >= 15 is 0 Å². The Morgan fingerprint density at radius 1 is 1.12 bits per heavy atom. The van der Waals surface area contributed by atoms with Crippen LogP contribution in [0.25, 0.3) is 10.9 Å². The first-order valence-corrected chi connectivity index (χ1v) is 7.73. The van der Waals surface area contributed by atoms with Gasteiger partial charge < -0.3 is 19.8 Å². The first-order valence-electron chi connectivity index (χ1n) is 7.73. The summed E-state index contributed by atoms with van der Waals surface area (Å²) in [4.78, 5) is 27.1. The van der Waals surface area contributed by atoms with Crippen LogP contribution in [-0.4, -0.2) is 31.1 Å². The molecule has 0 radical (unpaired) electrons. The molecule has 0 saturated carbocycles. The minimum atomic E-state index is -0.445. The van der Waals surface area contributed by atoms with Gasteiger partial charge >= 0.3 is 5.97 Å². The number of fused-ring (bicyclic) bond motifs is 1. The second kappa shape index (κ2) is 7.09. The molecule has 6 heteroatoms. The third kappa shape index (κ3) is 3.63. The minimum absolute atomic E-state index is 0.175. The van der Waals surface area contributed by atoms with E-state index in [4.69, 9.17) is 4.74 Å². The van der Waals surface area contributed by atoms with Crippen LogP contribution in [0.3, 0.4) is 0 Å². The average Bonchev–Trinajstić information content (AvgIpc) is 3.03. The van der Waals surface area contributed by atoms with Crippen LogP contribution in [0.1, 0.15) is 15.9 Å². The summed E-state index contributed by atoms with van der Waals surface area (Å²) >= 11 is 0. The Labute approximate surface area is 144 Å². The Bertz CT molecular complexity index is 930. The Balaban J connectivity index is 1.76. The number of nitrogens with one attached hydrogen (secondary N) is 2. The number of H-pyrrole nitrogens is 1. The predicted molar refractivity (Wildman–Crippen MR) is 95.0 cm³/mol. The van der Waals surface area contributed by atoms with Crippen molar-refractivity contribution < 1.29 is 19.1 Å². The minimum Gasteiger partial charge on any atom is -0.497 e. The van der Waals surface area contributed by atoms with E-state index in [1.165, 1.54) is 7.11 Å². The van der Waals surface area contributed by atoms with E-state index in [9.17, 15) is 9.59 Å². The number of hydrogen-bond donors (Lipinski definition) is 2. The van der Waals surface area contributed by atoms with E-state index < -0.39 is 5.97 Å². The summed E-state index contributed by atoms with van der Waals surface area (Å²) in [5.41, 5.74) is 2.74. The fourth-order valence-corrected chi connectivity index (χ4v) is 2.65. The van der Waals surface area contributed by atoms with Gasteiger partial charge in [-0.15, -0.1) is 0 Å². The number of carbonyl (C=O) groups is 2. The molecule has 0 aliphatic rings. The van der Waals surface area contributed by atoms with Gasteiger partial charge in [0.15, 0.2) is 0 Å². The van der Waals surface area contributed by atoms with Crippen LogP contribution in [0.4, 0.5) is 5.69 Å². The Kier molecular flexibility index (Phi) is 4.70. The van der Waals surface area contributed by atoms with Crippen molar-refractivity contribution >= 4 is 28.5 Å². The highest BCUT2D eigenvalue weighted by Crippen LogP contribution is 2.24. The zero-order chi connectivity index (χ0) is 17.8. The second-order valence-corrected chi connectivity index (χ2v) is 5.52. The van der Waals surface area contributed by atoms with E-state index in [1.54, 1.807) is 31.4 Å². The summed E-state index contributed by atoms with van der Waals surface area (Å²) in [6.45, 7) is 0. The molecule has 1 heterocycles. The van der Waals surface area contributed by atoms with Gasteiger partial charge in [0.05, 0.1) is 26.2 Å². The highest BCUT2D eigenvalue weighted by atomic mass is 16.5. The Morgan fingerprint density at radius 2 is 1.96 bits per heavy atom. The highest BCUT2D eigenvalue weighted by molar-refractivity contribution is 5.97. The van der Waals surface area contributed by atoms with Gasteiger partial charge in [0.2, 0.25) is 5.91 Å². The number of benzene rings is 2. The second-order valence-electron chi connectivity index (χ2n) is 5.52. The number of esters is 1. The summed E-state index contributed by atoms with van der Waals surface area (Å²) < 4.78 is 9.92. The maximum Gasteiger partial charge on any atom is 0.337 e. The van der Waals surface area contributed by atoms with Crippen LogP contribution in [0.15, 0.2) is 48.7 Å². The molecule has 25 heavy (non-hydrogen) atoms. The zero-order valence-electron chi connectivity index (χ0n) is 14.0. The molecule has 0 unspecified atom stereocenters. The first-order chi connectivity index (χ1) is 12.1. The number of hydrogen-bond acceptors (Lipinski definition) is 4. The van der Waals surface area contributed by atoms with Crippen molar-refractivity contribution in [2.45, 2.75) is 6.42 Å². The maximum atomic E-state index is 12.4. The maximum absolute atomic E-state index is 12.4. The molecule has 2 aromatic carbocycles. The van der Waals surface area contributed by atoms with Gasteiger partial charge in [-0.05, 0) is 42.0 Å². The van der Waals surface area contributed by atoms with Gasteiger partial charge in [-0.3, -0.25) is 4.79 Å². The van der Waals surface area contributed by atoms with Crippen LogP contribution in [0.2, 0.25) is 0 Å². The smallest absolute Gasteiger partial charge is 0.337 e. The molecule has 3 aromatic rings. The Hall–Kier alpha value is -3.28. The number of carbonyl (C=O) groups excluding carboxylic acids is 2. The molecule has 3 rings (SSSR count). The normalized spacial score (nSPS) is 10.5. The van der Waals surface area contributed by atoms with Crippen LogP contribution in [0, 0.1) is 0 Å². The van der Waals surface area contributed by atoms with Gasteiger partial charge in [-0.2, -0.15) is 0 Å². The summed E-state index contributed by atoms with van der Waals surface area (Å²) in [6, 6.07) is 12.3. The SMILES string of the molecule is COC(=O)c1cccc(NC(=O)Cc2c[nH]c3ccc(OC)cc23)c1. The van der Waals surface area contributed by atoms with Gasteiger partial charge in [-0.25, -0.2) is 4.79 Å². The molecule has 1 aromatic heterocycles. The summed E-state index contributed by atoms with van der Waals surface area (Å²) in [6.07, 6.45) is 2.02. The molecular formula is C19H18N2O4. The fourth-order valence-electron chi connectivity index (χ4n) is 2.65. The first kappa shape index (κ1) is 16.6. The van der Waals surface area contributed by atoms with Crippen molar-refractivity contribution in [2.75, 3.05) is 19.5 Å². The van der Waals surface area contributed by atoms with Crippen molar-refractivity contribution in [2.24, 2.45) is 0 Å². The molecule has 6 nitrogen and oxygen atoms in total. The number of rotatable bonds is 5. The standard InChI is InChI=1S/C19H18N2O4/c1-24-15-6-7-17-16(10-15)13(11-20-17)9-18(22)21-14-5-3-4-12(8-14)19(23)25-2/h3-8,10-11,20H,9H2,1-2H3,(H,21,22). The highest BCUT2D eigenvalue weighted by Gasteiger charge is 2.11. The third-order valence-electron chi connectivity index (χ3n) is 3.89. The van der Waals surface area contributed by atoms with Crippen molar-refractivity contribution in [1.82, 2.24) is 4.98 Å². The van der Waals surface area contributed by atoms with Crippen LogP contribution in [-0.2, 0) is 16.0 Å². The van der Waals surface area contributed by atoms with Crippen LogP contribution in [0.5, 0.6) is 5.75 Å². The predicted octanol–water partition coefficient (Wildman–Crippen LogP) is 3.14. The van der Waals surface area contributed by atoms with Crippen LogP contribution >= 0.6 is 0 Å². The lowest BCUT2D eigenvalue weighted by Gasteiger charge is -2.07. The molecule has 0 aliphatic heterocycles. The van der Waals surface area contributed by atoms with E-state index in [0.717, 1.165) is 22.2 Å². The zero-order valence-corrected chi connectivity index (χ0v) is 14.0. The topological polar surface area (TPSA) is 80.4 Å². The lowest BCUT2D eigenvalue weighted by molar-refractivity contribution is -0.115. The number of ether oxygens (including phenoxy) is 2. The molecule has 0 aliphatic carbocycles. The molecule has 0 atom stereocenters. The molecule has 0 saturated heterocycles. The van der Waals surface area contributed by atoms with Gasteiger partial charge in [-0.1, -0.05) is 6.07 Å². The van der Waals surface area contributed by atoms with Crippen molar-refractivity contribution in [3.63, 3.8) is 0 Å². The number of aromatic amines is 1. The molecule has 0 spiro atoms. The number of methoxy groups -OCH3 is 2. The van der Waals surface area contributed by atoms with Crippen molar-refractivity contribution in [3.8, 4) is 5.75 Å². The largest absolute Gasteiger partial charge is 0.497 e. The average molecular weight is 338 g/mol. The Morgan fingerprint density at radius 3 is 2.72 bits per heavy atom. The summed E-state index contributed by atoms with van der Waals surface area (Å²) in [5, 5.41) is 3.74. The molecule has 0 fully saturated rings. The number of aromatic nitrogens is 1. The van der Waals surface area contributed by atoms with E-state index in [-0.39, 0.29) is 12.3 Å². The van der Waals surface area contributed by atoms with Crippen LogP contribution < -0.4 is 10.1 Å². The van der Waals surface area contributed by atoms with E-state index in [1.807, 2.05) is 24.4 Å². The van der Waals surface area contributed by atoms with Gasteiger partial charge in [0.25, 0.3) is 0 Å². The third-order valence-corrected chi connectivity index (χ3v) is 3.89. The van der Waals surface area contributed by atoms with E-state index in [0.29, 0.717) is 11.3 Å². The summed E-state index contributed by atoms with van der Waals surface area (Å²) in [5.74, 6) is 0.116. The molecule has 1 amide bonds.